The van der Waals surface area contributed by atoms with Crippen molar-refractivity contribution in [1.29, 1.82) is 0 Å². The molecule has 0 aliphatic heterocycles. The number of H-pyrrole nitrogens is 1. The lowest BCUT2D eigenvalue weighted by molar-refractivity contribution is 0.0954. The van der Waals surface area contributed by atoms with Gasteiger partial charge in [-0.3, -0.25) is 9.59 Å². The molecule has 0 aliphatic rings. The van der Waals surface area contributed by atoms with Gasteiger partial charge in [0.25, 0.3) is 5.91 Å². The van der Waals surface area contributed by atoms with Crippen molar-refractivity contribution in [2.24, 2.45) is 5.10 Å². The molecule has 0 spiro atoms. The number of benzene rings is 2. The maximum atomic E-state index is 13.7. The fraction of sp³-hybridized carbons (Fsp3) is 0.105. The number of para-hydroxylation sites is 1. The number of halogens is 1. The van der Waals surface area contributed by atoms with Gasteiger partial charge in [0.05, 0.1) is 26.0 Å². The van der Waals surface area contributed by atoms with Crippen LogP contribution in [0.3, 0.4) is 0 Å². The Morgan fingerprint density at radius 1 is 1.19 bits per heavy atom. The van der Waals surface area contributed by atoms with Crippen LogP contribution in [-0.4, -0.2) is 31.3 Å². The molecule has 0 unspecified atom stereocenters. The normalized spacial score (nSPS) is 10.9. The van der Waals surface area contributed by atoms with E-state index in [2.05, 4.69) is 15.5 Å². The van der Waals surface area contributed by atoms with E-state index >= 15 is 0 Å². The van der Waals surface area contributed by atoms with Crippen LogP contribution in [0.25, 0.3) is 10.9 Å². The van der Waals surface area contributed by atoms with E-state index in [1.54, 1.807) is 18.2 Å². The highest BCUT2D eigenvalue weighted by atomic mass is 19.1. The predicted molar refractivity (Wildman–Crippen MR) is 99.1 cm³/mol. The van der Waals surface area contributed by atoms with Crippen molar-refractivity contribution < 1.29 is 18.7 Å². The van der Waals surface area contributed by atoms with Crippen molar-refractivity contribution in [3.8, 4) is 11.5 Å². The summed E-state index contributed by atoms with van der Waals surface area (Å²) in [6, 6.07) is 9.18. The van der Waals surface area contributed by atoms with Crippen molar-refractivity contribution in [2.45, 2.75) is 0 Å². The summed E-state index contributed by atoms with van der Waals surface area (Å²) >= 11 is 0. The number of hydrazone groups is 1. The van der Waals surface area contributed by atoms with E-state index in [1.165, 1.54) is 38.6 Å². The first-order valence-electron chi connectivity index (χ1n) is 7.90. The van der Waals surface area contributed by atoms with Gasteiger partial charge in [-0.05, 0) is 35.9 Å². The highest BCUT2D eigenvalue weighted by Gasteiger charge is 2.14. The molecule has 138 valence electrons. The van der Waals surface area contributed by atoms with Crippen LogP contribution in [0.2, 0.25) is 0 Å². The summed E-state index contributed by atoms with van der Waals surface area (Å²) in [6.07, 6.45) is 2.56. The summed E-state index contributed by atoms with van der Waals surface area (Å²) in [5.41, 5.74) is 2.23. The first-order chi connectivity index (χ1) is 13.0. The first kappa shape index (κ1) is 18.1. The zero-order valence-corrected chi connectivity index (χ0v) is 14.6. The van der Waals surface area contributed by atoms with Crippen LogP contribution in [0.15, 0.2) is 52.5 Å². The molecule has 1 amide bonds. The van der Waals surface area contributed by atoms with Crippen LogP contribution >= 0.6 is 0 Å². The van der Waals surface area contributed by atoms with Crippen molar-refractivity contribution in [1.82, 2.24) is 10.4 Å². The number of nitrogens with one attached hydrogen (secondary N) is 2. The lowest BCUT2D eigenvalue weighted by Crippen LogP contribution is -2.25. The van der Waals surface area contributed by atoms with Crippen LogP contribution in [0.5, 0.6) is 11.5 Å². The molecule has 0 radical (unpaired) electrons. The second-order valence-electron chi connectivity index (χ2n) is 5.51. The summed E-state index contributed by atoms with van der Waals surface area (Å²) in [5.74, 6) is -0.198. The number of amides is 1. The Balaban J connectivity index is 1.80. The zero-order chi connectivity index (χ0) is 19.4. The minimum atomic E-state index is -0.709. The van der Waals surface area contributed by atoms with Crippen LogP contribution in [0, 0.1) is 5.82 Å². The van der Waals surface area contributed by atoms with Gasteiger partial charge < -0.3 is 14.5 Å². The van der Waals surface area contributed by atoms with Crippen LogP contribution in [0.1, 0.15) is 15.9 Å². The average molecular weight is 369 g/mol. The van der Waals surface area contributed by atoms with Crippen LogP contribution < -0.4 is 20.3 Å². The maximum absolute atomic E-state index is 13.7. The number of hydrogen-bond acceptors (Lipinski definition) is 5. The topological polar surface area (TPSA) is 92.8 Å². The van der Waals surface area contributed by atoms with Gasteiger partial charge in [-0.1, -0.05) is 6.07 Å². The highest BCUT2D eigenvalue weighted by molar-refractivity contribution is 5.97. The zero-order valence-electron chi connectivity index (χ0n) is 14.6. The molecule has 1 heterocycles. The number of fused-ring (bicyclic) bond motifs is 1. The van der Waals surface area contributed by atoms with Gasteiger partial charge >= 0.3 is 0 Å². The van der Waals surface area contributed by atoms with Gasteiger partial charge in [-0.2, -0.15) is 5.10 Å². The monoisotopic (exact) mass is 369 g/mol. The summed E-state index contributed by atoms with van der Waals surface area (Å²) in [6.45, 7) is 0. The fourth-order valence-electron chi connectivity index (χ4n) is 2.54. The van der Waals surface area contributed by atoms with Gasteiger partial charge in [0.1, 0.15) is 11.4 Å². The molecule has 0 atom stereocenters. The summed E-state index contributed by atoms with van der Waals surface area (Å²) in [4.78, 5) is 27.2. The van der Waals surface area contributed by atoms with E-state index in [-0.39, 0.29) is 16.5 Å². The van der Waals surface area contributed by atoms with E-state index in [4.69, 9.17) is 9.47 Å². The second kappa shape index (κ2) is 7.69. The first-order valence-corrected chi connectivity index (χ1v) is 7.90. The Hall–Kier alpha value is -3.68. The molecule has 3 aromatic rings. The molecule has 0 saturated carbocycles. The number of aromatic nitrogens is 1. The molecule has 2 N–H and O–H groups in total. The standard InChI is InChI=1S/C19H16FN3O4/c1-26-15-7-6-11(8-16(15)27-2)9-22-23-19(25)13-10-21-17-12(18(13)24)4-3-5-14(17)20/h3-10H,1-2H3,(H,21,24)(H,23,25)/b22-9+. The molecule has 8 heteroatoms. The van der Waals surface area contributed by atoms with Crippen LogP contribution in [0.4, 0.5) is 4.39 Å². The van der Waals surface area contributed by atoms with Crippen molar-refractivity contribution >= 4 is 23.0 Å². The average Bonchev–Trinajstić information content (AvgIpc) is 2.68. The Labute approximate surface area is 153 Å². The van der Waals surface area contributed by atoms with E-state index in [0.717, 1.165) is 6.20 Å². The van der Waals surface area contributed by atoms with Crippen molar-refractivity contribution in [3.05, 3.63) is 69.8 Å². The third-order valence-electron chi connectivity index (χ3n) is 3.90. The third-order valence-corrected chi connectivity index (χ3v) is 3.90. The molecule has 27 heavy (non-hydrogen) atoms. The predicted octanol–water partition coefficient (Wildman–Crippen LogP) is 2.45. The fourth-order valence-corrected chi connectivity index (χ4v) is 2.54. The smallest absolute Gasteiger partial charge is 0.276 e. The largest absolute Gasteiger partial charge is 0.493 e. The van der Waals surface area contributed by atoms with Crippen molar-refractivity contribution in [3.63, 3.8) is 0 Å². The molecule has 0 aliphatic carbocycles. The molecule has 3 rings (SSSR count). The number of pyridine rings is 1. The molecular formula is C19H16FN3O4. The number of carbonyl (C=O) groups is 1. The van der Waals surface area contributed by atoms with E-state index in [9.17, 15) is 14.0 Å². The maximum Gasteiger partial charge on any atom is 0.276 e. The minimum absolute atomic E-state index is 0.0490. The second-order valence-corrected chi connectivity index (χ2v) is 5.51. The molecule has 7 nitrogen and oxygen atoms in total. The number of carbonyl (C=O) groups excluding carboxylic acids is 1. The van der Waals surface area contributed by atoms with Crippen molar-refractivity contribution in [2.75, 3.05) is 14.2 Å². The SMILES string of the molecule is COc1ccc(/C=N/NC(=O)c2c[nH]c3c(F)cccc3c2=O)cc1OC. The summed E-state index contributed by atoms with van der Waals surface area (Å²) in [7, 11) is 3.04. The van der Waals surface area contributed by atoms with E-state index in [0.29, 0.717) is 17.1 Å². The van der Waals surface area contributed by atoms with Crippen LogP contribution in [-0.2, 0) is 0 Å². The molecule has 2 aromatic carbocycles. The Morgan fingerprint density at radius 3 is 2.70 bits per heavy atom. The van der Waals surface area contributed by atoms with Gasteiger partial charge in [-0.25, -0.2) is 9.82 Å². The Morgan fingerprint density at radius 2 is 1.96 bits per heavy atom. The van der Waals surface area contributed by atoms with Gasteiger partial charge in [0.2, 0.25) is 5.43 Å². The number of nitrogens with zero attached hydrogens (tertiary/aromatic N) is 1. The molecule has 1 aromatic heterocycles. The summed E-state index contributed by atoms with van der Waals surface area (Å²) < 4.78 is 24.0. The number of rotatable bonds is 5. The Bertz CT molecular complexity index is 1090. The Kier molecular flexibility index (Phi) is 5.16. The molecular weight excluding hydrogens is 353 g/mol. The lowest BCUT2D eigenvalue weighted by Gasteiger charge is -2.07. The highest BCUT2D eigenvalue weighted by Crippen LogP contribution is 2.26. The molecule has 0 saturated heterocycles. The number of methoxy groups -OCH3 is 2. The lowest BCUT2D eigenvalue weighted by atomic mass is 10.1. The van der Waals surface area contributed by atoms with Gasteiger partial charge in [-0.15, -0.1) is 0 Å². The van der Waals surface area contributed by atoms with Gasteiger partial charge in [0.15, 0.2) is 11.5 Å². The third kappa shape index (κ3) is 3.64. The molecule has 0 fully saturated rings. The van der Waals surface area contributed by atoms with E-state index < -0.39 is 17.2 Å². The number of hydrogen-bond donors (Lipinski definition) is 2. The quantitative estimate of drug-likeness (QED) is 0.534. The number of aromatic amines is 1. The number of ether oxygens (including phenoxy) is 2. The molecule has 0 bridgehead atoms. The van der Waals surface area contributed by atoms with E-state index in [1.807, 2.05) is 0 Å². The summed E-state index contributed by atoms with van der Waals surface area (Å²) in [5, 5.41) is 3.93. The minimum Gasteiger partial charge on any atom is -0.493 e. The van der Waals surface area contributed by atoms with Gasteiger partial charge in [0, 0.05) is 11.6 Å².